The van der Waals surface area contributed by atoms with Crippen molar-refractivity contribution >= 4 is 17.3 Å². The van der Waals surface area contributed by atoms with Crippen LogP contribution >= 0.6 is 0 Å². The zero-order valence-corrected chi connectivity index (χ0v) is 11.7. The molecule has 7 heteroatoms. The molecule has 0 aromatic carbocycles. The second-order valence-corrected chi connectivity index (χ2v) is 5.46. The molecular formula is C12H21N5O2. The highest BCUT2D eigenvalue weighted by atomic mass is 16.6. The fraction of sp³-hybridized carbons (Fsp3) is 0.583. The molecule has 0 amide bonds. The maximum atomic E-state index is 11.0. The third-order valence-corrected chi connectivity index (χ3v) is 3.49. The van der Waals surface area contributed by atoms with Crippen LogP contribution in [0.3, 0.4) is 0 Å². The van der Waals surface area contributed by atoms with E-state index in [0.29, 0.717) is 18.3 Å². The first-order valence-corrected chi connectivity index (χ1v) is 6.14. The number of hydrogen-bond acceptors (Lipinski definition) is 6. The SMILES string of the molecule is CC(C)C(C)(C)CNc1nc(NN)ccc1[N+](=O)[O-]. The lowest BCUT2D eigenvalue weighted by Crippen LogP contribution is -2.29. The minimum atomic E-state index is -0.460. The molecule has 0 aliphatic heterocycles. The van der Waals surface area contributed by atoms with Gasteiger partial charge in [-0.25, -0.2) is 10.8 Å². The summed E-state index contributed by atoms with van der Waals surface area (Å²) in [6, 6.07) is 2.85. The lowest BCUT2D eigenvalue weighted by molar-refractivity contribution is -0.384. The van der Waals surface area contributed by atoms with Gasteiger partial charge in [0.05, 0.1) is 4.92 Å². The standard InChI is InChI=1S/C12H21N5O2/c1-8(2)12(3,4)7-14-11-9(17(18)19)5-6-10(15-11)16-13/h5-6,8H,7,13H2,1-4H3,(H2,14,15,16). The molecule has 1 heterocycles. The van der Waals surface area contributed by atoms with Crippen molar-refractivity contribution in [2.24, 2.45) is 17.2 Å². The predicted octanol–water partition coefficient (Wildman–Crippen LogP) is 2.37. The molecule has 19 heavy (non-hydrogen) atoms. The third-order valence-electron chi connectivity index (χ3n) is 3.49. The number of nitrogens with zero attached hydrogens (tertiary/aromatic N) is 2. The van der Waals surface area contributed by atoms with Gasteiger partial charge in [-0.15, -0.1) is 0 Å². The Labute approximate surface area is 112 Å². The molecule has 1 aromatic heterocycles. The number of hydrazine groups is 1. The Bertz CT molecular complexity index is 459. The number of hydrogen-bond donors (Lipinski definition) is 3. The van der Waals surface area contributed by atoms with E-state index in [0.717, 1.165) is 0 Å². The number of nitrogen functional groups attached to an aromatic ring is 1. The molecular weight excluding hydrogens is 246 g/mol. The highest BCUT2D eigenvalue weighted by Crippen LogP contribution is 2.29. The van der Waals surface area contributed by atoms with E-state index >= 15 is 0 Å². The maximum Gasteiger partial charge on any atom is 0.311 e. The first kappa shape index (κ1) is 15.2. The number of nitrogens with two attached hydrogens (primary N) is 1. The molecule has 0 aliphatic rings. The molecule has 4 N–H and O–H groups in total. The Morgan fingerprint density at radius 3 is 2.58 bits per heavy atom. The summed E-state index contributed by atoms with van der Waals surface area (Å²) >= 11 is 0. The average Bonchev–Trinajstić information content (AvgIpc) is 2.35. The first-order valence-electron chi connectivity index (χ1n) is 6.14. The Morgan fingerprint density at radius 1 is 1.47 bits per heavy atom. The molecule has 1 rings (SSSR count). The average molecular weight is 267 g/mol. The second kappa shape index (κ2) is 5.83. The van der Waals surface area contributed by atoms with Crippen LogP contribution < -0.4 is 16.6 Å². The van der Waals surface area contributed by atoms with Crippen molar-refractivity contribution in [1.29, 1.82) is 0 Å². The van der Waals surface area contributed by atoms with Crippen LogP contribution in [0.4, 0.5) is 17.3 Å². The molecule has 0 spiro atoms. The monoisotopic (exact) mass is 267 g/mol. The zero-order chi connectivity index (χ0) is 14.6. The Morgan fingerprint density at radius 2 is 2.11 bits per heavy atom. The largest absolute Gasteiger partial charge is 0.364 e. The summed E-state index contributed by atoms with van der Waals surface area (Å²) in [5, 5.41) is 14.0. The van der Waals surface area contributed by atoms with Crippen molar-refractivity contribution in [1.82, 2.24) is 4.98 Å². The van der Waals surface area contributed by atoms with Gasteiger partial charge in [0, 0.05) is 12.6 Å². The number of aromatic nitrogens is 1. The van der Waals surface area contributed by atoms with Crippen LogP contribution in [0.5, 0.6) is 0 Å². The van der Waals surface area contributed by atoms with E-state index in [4.69, 9.17) is 5.84 Å². The maximum absolute atomic E-state index is 11.0. The Hall–Kier alpha value is -1.89. The van der Waals surface area contributed by atoms with E-state index in [9.17, 15) is 10.1 Å². The summed E-state index contributed by atoms with van der Waals surface area (Å²) < 4.78 is 0. The van der Waals surface area contributed by atoms with E-state index < -0.39 is 4.92 Å². The van der Waals surface area contributed by atoms with Crippen LogP contribution in [-0.4, -0.2) is 16.5 Å². The van der Waals surface area contributed by atoms with Crippen LogP contribution in [0, 0.1) is 21.4 Å². The Kier molecular flexibility index (Phi) is 4.66. The number of anilines is 2. The van der Waals surface area contributed by atoms with Crippen molar-refractivity contribution in [3.63, 3.8) is 0 Å². The van der Waals surface area contributed by atoms with E-state index in [1.807, 2.05) is 0 Å². The van der Waals surface area contributed by atoms with Gasteiger partial charge in [-0.2, -0.15) is 0 Å². The highest BCUT2D eigenvalue weighted by molar-refractivity contribution is 5.60. The van der Waals surface area contributed by atoms with E-state index in [1.54, 1.807) is 0 Å². The zero-order valence-electron chi connectivity index (χ0n) is 11.7. The van der Waals surface area contributed by atoms with Crippen LogP contribution in [0.1, 0.15) is 27.7 Å². The minimum Gasteiger partial charge on any atom is -0.364 e. The fourth-order valence-electron chi connectivity index (χ4n) is 1.33. The molecule has 0 aliphatic carbocycles. The van der Waals surface area contributed by atoms with Crippen LogP contribution in [0.2, 0.25) is 0 Å². The number of rotatable bonds is 6. The summed E-state index contributed by atoms with van der Waals surface area (Å²) in [6.07, 6.45) is 0. The molecule has 0 saturated carbocycles. The molecule has 7 nitrogen and oxygen atoms in total. The van der Waals surface area contributed by atoms with Crippen LogP contribution in [0.15, 0.2) is 12.1 Å². The lowest BCUT2D eigenvalue weighted by Gasteiger charge is -2.29. The van der Waals surface area contributed by atoms with Gasteiger partial charge in [0.1, 0.15) is 5.82 Å². The van der Waals surface area contributed by atoms with E-state index in [1.165, 1.54) is 12.1 Å². The molecule has 106 valence electrons. The number of nitrogens with one attached hydrogen (secondary N) is 2. The van der Waals surface area contributed by atoms with Gasteiger partial charge in [0.15, 0.2) is 0 Å². The van der Waals surface area contributed by atoms with Crippen molar-refractivity contribution < 1.29 is 4.92 Å². The predicted molar refractivity (Wildman–Crippen MR) is 75.8 cm³/mol. The molecule has 0 unspecified atom stereocenters. The molecule has 0 saturated heterocycles. The molecule has 0 bridgehead atoms. The quantitative estimate of drug-likeness (QED) is 0.415. The van der Waals surface area contributed by atoms with Crippen molar-refractivity contribution in [2.45, 2.75) is 27.7 Å². The summed E-state index contributed by atoms with van der Waals surface area (Å²) in [5.41, 5.74) is 2.32. The van der Waals surface area contributed by atoms with Crippen molar-refractivity contribution in [2.75, 3.05) is 17.3 Å². The summed E-state index contributed by atoms with van der Waals surface area (Å²) in [7, 11) is 0. The summed E-state index contributed by atoms with van der Waals surface area (Å²) in [5.74, 6) is 6.32. The van der Waals surface area contributed by atoms with Gasteiger partial charge in [0.2, 0.25) is 5.82 Å². The second-order valence-electron chi connectivity index (χ2n) is 5.46. The van der Waals surface area contributed by atoms with Gasteiger partial charge in [-0.3, -0.25) is 10.1 Å². The molecule has 1 aromatic rings. The van der Waals surface area contributed by atoms with E-state index in [2.05, 4.69) is 43.4 Å². The van der Waals surface area contributed by atoms with Crippen LogP contribution in [0.25, 0.3) is 0 Å². The number of pyridine rings is 1. The summed E-state index contributed by atoms with van der Waals surface area (Å²) in [6.45, 7) is 9.01. The Balaban J connectivity index is 2.95. The lowest BCUT2D eigenvalue weighted by atomic mass is 9.81. The topological polar surface area (TPSA) is 106 Å². The van der Waals surface area contributed by atoms with Crippen LogP contribution in [-0.2, 0) is 0 Å². The van der Waals surface area contributed by atoms with Gasteiger partial charge in [0.25, 0.3) is 0 Å². The first-order chi connectivity index (χ1) is 8.77. The molecule has 0 fully saturated rings. The normalized spacial score (nSPS) is 11.5. The van der Waals surface area contributed by atoms with Gasteiger partial charge in [-0.1, -0.05) is 27.7 Å². The van der Waals surface area contributed by atoms with Gasteiger partial charge < -0.3 is 10.7 Å². The van der Waals surface area contributed by atoms with Gasteiger partial charge >= 0.3 is 5.69 Å². The number of nitro groups is 1. The van der Waals surface area contributed by atoms with E-state index in [-0.39, 0.29) is 16.9 Å². The smallest absolute Gasteiger partial charge is 0.311 e. The van der Waals surface area contributed by atoms with Gasteiger partial charge in [-0.05, 0) is 17.4 Å². The minimum absolute atomic E-state index is 0.00168. The fourth-order valence-corrected chi connectivity index (χ4v) is 1.33. The molecule has 0 atom stereocenters. The van der Waals surface area contributed by atoms with Crippen molar-refractivity contribution in [3.8, 4) is 0 Å². The molecule has 0 radical (unpaired) electrons. The highest BCUT2D eigenvalue weighted by Gasteiger charge is 2.24. The van der Waals surface area contributed by atoms with Crippen molar-refractivity contribution in [3.05, 3.63) is 22.2 Å². The third kappa shape index (κ3) is 3.78. The summed E-state index contributed by atoms with van der Waals surface area (Å²) in [4.78, 5) is 14.6.